The molecule has 2 nitrogen and oxygen atoms in total. The zero-order chi connectivity index (χ0) is 15.2. The highest BCUT2D eigenvalue weighted by molar-refractivity contribution is 5.43. The van der Waals surface area contributed by atoms with Crippen molar-refractivity contribution in [2.75, 3.05) is 23.7 Å². The van der Waals surface area contributed by atoms with Crippen molar-refractivity contribution in [3.8, 4) is 0 Å². The van der Waals surface area contributed by atoms with Gasteiger partial charge >= 0.3 is 0 Å². The Balaban J connectivity index is 1.46. The molecular weight excluding hydrogens is 268 g/mol. The summed E-state index contributed by atoms with van der Waals surface area (Å²) < 4.78 is 0. The van der Waals surface area contributed by atoms with Crippen LogP contribution < -0.4 is 10.6 Å². The molecule has 22 heavy (non-hydrogen) atoms. The second-order valence-electron chi connectivity index (χ2n) is 6.45. The summed E-state index contributed by atoms with van der Waals surface area (Å²) in [5.41, 5.74) is 2.47. The molecule has 0 spiro atoms. The van der Waals surface area contributed by atoms with Crippen LogP contribution in [0.2, 0.25) is 0 Å². The van der Waals surface area contributed by atoms with Crippen LogP contribution >= 0.6 is 0 Å². The fourth-order valence-electron chi connectivity index (χ4n) is 3.52. The van der Waals surface area contributed by atoms with Gasteiger partial charge in [0.25, 0.3) is 0 Å². The molecule has 0 saturated heterocycles. The lowest BCUT2D eigenvalue weighted by atomic mass is 9.91. The van der Waals surface area contributed by atoms with Gasteiger partial charge in [0, 0.05) is 24.5 Å². The topological polar surface area (TPSA) is 24.1 Å². The summed E-state index contributed by atoms with van der Waals surface area (Å²) in [6.45, 7) is 4.60. The van der Waals surface area contributed by atoms with Crippen molar-refractivity contribution in [3.63, 3.8) is 0 Å². The minimum Gasteiger partial charge on any atom is -0.385 e. The predicted molar refractivity (Wildman–Crippen MR) is 95.2 cm³/mol. The third kappa shape index (κ3) is 3.82. The molecule has 116 valence electrons. The Bertz CT molecular complexity index is 501. The van der Waals surface area contributed by atoms with Gasteiger partial charge in [-0.05, 0) is 54.9 Å². The normalized spacial score (nSPS) is 24.1. The molecule has 2 heteroatoms. The number of anilines is 2. The van der Waals surface area contributed by atoms with Crippen LogP contribution in [-0.4, -0.2) is 13.1 Å². The van der Waals surface area contributed by atoms with Crippen LogP contribution in [0.25, 0.3) is 0 Å². The maximum absolute atomic E-state index is 3.59. The number of nitrogens with one attached hydrogen (secondary N) is 2. The second kappa shape index (κ2) is 7.35. The summed E-state index contributed by atoms with van der Waals surface area (Å²) in [6.07, 6.45) is 2.67. The molecule has 0 aliphatic heterocycles. The smallest absolute Gasteiger partial charge is 0.0340 e. The Kier molecular flexibility index (Phi) is 4.99. The molecule has 1 saturated carbocycles. The van der Waals surface area contributed by atoms with Crippen LogP contribution in [0.3, 0.4) is 0 Å². The van der Waals surface area contributed by atoms with E-state index >= 15 is 0 Å². The molecule has 1 aliphatic carbocycles. The molecule has 2 atom stereocenters. The number of benzene rings is 2. The average Bonchev–Trinajstić information content (AvgIpc) is 2.93. The minimum atomic E-state index is 0.771. The second-order valence-corrected chi connectivity index (χ2v) is 6.45. The van der Waals surface area contributed by atoms with Crippen molar-refractivity contribution >= 4 is 11.4 Å². The number of rotatable bonds is 6. The number of para-hydroxylation sites is 2. The first kappa shape index (κ1) is 15.0. The van der Waals surface area contributed by atoms with Crippen LogP contribution in [0, 0.1) is 17.8 Å². The van der Waals surface area contributed by atoms with Gasteiger partial charge in [-0.15, -0.1) is 0 Å². The zero-order valence-corrected chi connectivity index (χ0v) is 13.3. The van der Waals surface area contributed by atoms with Crippen LogP contribution in [0.5, 0.6) is 0 Å². The maximum Gasteiger partial charge on any atom is 0.0340 e. The van der Waals surface area contributed by atoms with Crippen molar-refractivity contribution in [2.24, 2.45) is 17.8 Å². The van der Waals surface area contributed by atoms with Gasteiger partial charge in [-0.3, -0.25) is 0 Å². The molecule has 2 aromatic carbocycles. The van der Waals surface area contributed by atoms with Crippen molar-refractivity contribution in [1.82, 2.24) is 0 Å². The SMILES string of the molecule is CC1C(CNc2ccccc2)CCC1CNc1ccccc1. The lowest BCUT2D eigenvalue weighted by Crippen LogP contribution is -2.23. The van der Waals surface area contributed by atoms with Crippen molar-refractivity contribution in [3.05, 3.63) is 60.7 Å². The predicted octanol–water partition coefficient (Wildman–Crippen LogP) is 4.87. The highest BCUT2D eigenvalue weighted by atomic mass is 14.9. The van der Waals surface area contributed by atoms with Crippen molar-refractivity contribution in [2.45, 2.75) is 19.8 Å². The molecule has 1 fully saturated rings. The van der Waals surface area contributed by atoms with E-state index in [4.69, 9.17) is 0 Å². The first-order chi connectivity index (χ1) is 10.8. The Morgan fingerprint density at radius 2 is 1.14 bits per heavy atom. The highest BCUT2D eigenvalue weighted by Crippen LogP contribution is 2.37. The Hall–Kier alpha value is -1.96. The van der Waals surface area contributed by atoms with Crippen LogP contribution in [0.4, 0.5) is 11.4 Å². The van der Waals surface area contributed by atoms with Gasteiger partial charge in [-0.1, -0.05) is 43.3 Å². The number of hydrogen-bond donors (Lipinski definition) is 2. The zero-order valence-electron chi connectivity index (χ0n) is 13.3. The highest BCUT2D eigenvalue weighted by Gasteiger charge is 2.32. The van der Waals surface area contributed by atoms with E-state index < -0.39 is 0 Å². The summed E-state index contributed by atoms with van der Waals surface area (Å²) in [6, 6.07) is 21.1. The minimum absolute atomic E-state index is 0.771. The molecule has 2 aromatic rings. The van der Waals surface area contributed by atoms with Crippen LogP contribution in [-0.2, 0) is 0 Å². The fourth-order valence-corrected chi connectivity index (χ4v) is 3.52. The average molecular weight is 294 g/mol. The third-order valence-corrected chi connectivity index (χ3v) is 5.08. The Morgan fingerprint density at radius 3 is 1.55 bits per heavy atom. The van der Waals surface area contributed by atoms with Crippen molar-refractivity contribution < 1.29 is 0 Å². The molecule has 2 unspecified atom stereocenters. The van der Waals surface area contributed by atoms with E-state index in [-0.39, 0.29) is 0 Å². The van der Waals surface area contributed by atoms with Gasteiger partial charge < -0.3 is 10.6 Å². The molecule has 1 aliphatic rings. The van der Waals surface area contributed by atoms with E-state index in [9.17, 15) is 0 Å². The van der Waals surface area contributed by atoms with E-state index in [0.717, 1.165) is 30.8 Å². The molecular formula is C20H26N2. The quantitative estimate of drug-likeness (QED) is 0.794. The van der Waals surface area contributed by atoms with E-state index in [1.807, 2.05) is 0 Å². The molecule has 3 rings (SSSR count). The van der Waals surface area contributed by atoms with Gasteiger partial charge in [-0.2, -0.15) is 0 Å². The summed E-state index contributed by atoms with van der Waals surface area (Å²) in [5, 5.41) is 7.18. The fraction of sp³-hybridized carbons (Fsp3) is 0.400. The molecule has 0 bridgehead atoms. The van der Waals surface area contributed by atoms with Gasteiger partial charge in [0.1, 0.15) is 0 Å². The maximum atomic E-state index is 3.59. The van der Waals surface area contributed by atoms with E-state index in [2.05, 4.69) is 78.2 Å². The first-order valence-electron chi connectivity index (χ1n) is 8.41. The van der Waals surface area contributed by atoms with Gasteiger partial charge in [0.05, 0.1) is 0 Å². The molecule has 0 radical (unpaired) electrons. The standard InChI is InChI=1S/C20H26N2/c1-16-17(14-21-19-8-4-2-5-9-19)12-13-18(16)15-22-20-10-6-3-7-11-20/h2-11,16-18,21-22H,12-15H2,1H3. The van der Waals surface area contributed by atoms with Gasteiger partial charge in [-0.25, -0.2) is 0 Å². The molecule has 2 N–H and O–H groups in total. The summed E-state index contributed by atoms with van der Waals surface area (Å²) in [4.78, 5) is 0. The lowest BCUT2D eigenvalue weighted by molar-refractivity contribution is 0.361. The van der Waals surface area contributed by atoms with Gasteiger partial charge in [0.15, 0.2) is 0 Å². The molecule has 0 aromatic heterocycles. The Morgan fingerprint density at radius 1 is 0.727 bits per heavy atom. The van der Waals surface area contributed by atoms with Crippen LogP contribution in [0.15, 0.2) is 60.7 Å². The van der Waals surface area contributed by atoms with E-state index in [1.54, 1.807) is 0 Å². The molecule has 0 amide bonds. The number of hydrogen-bond acceptors (Lipinski definition) is 2. The summed E-state index contributed by atoms with van der Waals surface area (Å²) in [5.74, 6) is 2.33. The third-order valence-electron chi connectivity index (χ3n) is 5.08. The van der Waals surface area contributed by atoms with Crippen molar-refractivity contribution in [1.29, 1.82) is 0 Å². The summed E-state index contributed by atoms with van der Waals surface area (Å²) >= 11 is 0. The Labute approximate surface area is 134 Å². The van der Waals surface area contributed by atoms with E-state index in [0.29, 0.717) is 0 Å². The van der Waals surface area contributed by atoms with E-state index in [1.165, 1.54) is 24.2 Å². The van der Waals surface area contributed by atoms with Gasteiger partial charge in [0.2, 0.25) is 0 Å². The first-order valence-corrected chi connectivity index (χ1v) is 8.41. The van der Waals surface area contributed by atoms with Crippen LogP contribution in [0.1, 0.15) is 19.8 Å². The lowest BCUT2D eigenvalue weighted by Gasteiger charge is -2.22. The monoisotopic (exact) mass is 294 g/mol. The summed E-state index contributed by atoms with van der Waals surface area (Å²) in [7, 11) is 0. The molecule has 0 heterocycles. The largest absolute Gasteiger partial charge is 0.385 e.